The highest BCUT2D eigenvalue weighted by molar-refractivity contribution is 9.10. The zero-order valence-electron chi connectivity index (χ0n) is 11.2. The standard InChI is InChI=1S/C14H16BrN3O/c1-9-13(10(2)17-16-9)14(19)18(3)8-11-6-4-5-7-12(11)15/h4-7H,8H2,1-3H3,(H,16,17). The van der Waals surface area contributed by atoms with Crippen LogP contribution in [-0.4, -0.2) is 28.1 Å². The number of rotatable bonds is 3. The molecule has 0 atom stereocenters. The van der Waals surface area contributed by atoms with Gasteiger partial charge in [-0.05, 0) is 25.5 Å². The Morgan fingerprint density at radius 3 is 2.63 bits per heavy atom. The lowest BCUT2D eigenvalue weighted by Gasteiger charge is -2.18. The molecule has 0 aliphatic rings. The number of hydrogen-bond donors (Lipinski definition) is 1. The molecule has 0 radical (unpaired) electrons. The van der Waals surface area contributed by atoms with Crippen molar-refractivity contribution in [3.8, 4) is 0 Å². The molecular weight excluding hydrogens is 306 g/mol. The molecule has 0 aliphatic heterocycles. The van der Waals surface area contributed by atoms with Gasteiger partial charge in [-0.1, -0.05) is 34.1 Å². The maximum atomic E-state index is 12.4. The van der Waals surface area contributed by atoms with Gasteiger partial charge in [0, 0.05) is 23.8 Å². The number of aryl methyl sites for hydroxylation is 2. The van der Waals surface area contributed by atoms with E-state index in [0.29, 0.717) is 12.1 Å². The first-order valence-electron chi connectivity index (χ1n) is 6.01. The SMILES string of the molecule is Cc1n[nH]c(C)c1C(=O)N(C)Cc1ccccc1Br. The van der Waals surface area contributed by atoms with Gasteiger partial charge in [0.15, 0.2) is 0 Å². The second-order valence-electron chi connectivity index (χ2n) is 4.56. The molecule has 0 unspecified atom stereocenters. The highest BCUT2D eigenvalue weighted by atomic mass is 79.9. The number of benzene rings is 1. The molecule has 5 heteroatoms. The number of nitrogens with one attached hydrogen (secondary N) is 1. The molecule has 0 saturated heterocycles. The van der Waals surface area contributed by atoms with Crippen molar-refractivity contribution in [1.29, 1.82) is 0 Å². The van der Waals surface area contributed by atoms with Crippen molar-refractivity contribution in [3.63, 3.8) is 0 Å². The van der Waals surface area contributed by atoms with Crippen molar-refractivity contribution in [1.82, 2.24) is 15.1 Å². The largest absolute Gasteiger partial charge is 0.337 e. The van der Waals surface area contributed by atoms with Crippen molar-refractivity contribution >= 4 is 21.8 Å². The summed E-state index contributed by atoms with van der Waals surface area (Å²) >= 11 is 3.50. The number of nitrogens with zero attached hydrogens (tertiary/aromatic N) is 2. The van der Waals surface area contributed by atoms with Crippen LogP contribution in [-0.2, 0) is 6.54 Å². The van der Waals surface area contributed by atoms with E-state index in [2.05, 4.69) is 26.1 Å². The maximum absolute atomic E-state index is 12.4. The third kappa shape index (κ3) is 2.87. The summed E-state index contributed by atoms with van der Waals surface area (Å²) < 4.78 is 1.01. The van der Waals surface area contributed by atoms with Crippen molar-refractivity contribution in [2.75, 3.05) is 7.05 Å². The second kappa shape index (κ2) is 5.57. The van der Waals surface area contributed by atoms with Crippen molar-refractivity contribution in [2.24, 2.45) is 0 Å². The van der Waals surface area contributed by atoms with Crippen LogP contribution in [0.1, 0.15) is 27.3 Å². The van der Waals surface area contributed by atoms with E-state index in [-0.39, 0.29) is 5.91 Å². The predicted molar refractivity (Wildman–Crippen MR) is 78.0 cm³/mol. The van der Waals surface area contributed by atoms with E-state index in [0.717, 1.165) is 21.4 Å². The molecule has 0 saturated carbocycles. The Morgan fingerprint density at radius 1 is 1.37 bits per heavy atom. The van der Waals surface area contributed by atoms with Crippen LogP contribution in [0.5, 0.6) is 0 Å². The predicted octanol–water partition coefficient (Wildman–Crippen LogP) is 3.06. The van der Waals surface area contributed by atoms with Crippen LogP contribution < -0.4 is 0 Å². The van der Waals surface area contributed by atoms with Crippen LogP contribution in [0.3, 0.4) is 0 Å². The van der Waals surface area contributed by atoms with E-state index in [1.54, 1.807) is 11.9 Å². The highest BCUT2D eigenvalue weighted by Gasteiger charge is 2.19. The summed E-state index contributed by atoms with van der Waals surface area (Å²) in [5.41, 5.74) is 3.29. The van der Waals surface area contributed by atoms with Crippen LogP contribution in [0.25, 0.3) is 0 Å². The van der Waals surface area contributed by atoms with Gasteiger partial charge in [0.25, 0.3) is 5.91 Å². The molecule has 2 rings (SSSR count). The topological polar surface area (TPSA) is 49.0 Å². The van der Waals surface area contributed by atoms with E-state index in [9.17, 15) is 4.79 Å². The van der Waals surface area contributed by atoms with Gasteiger partial charge in [-0.15, -0.1) is 0 Å². The molecule has 1 heterocycles. The van der Waals surface area contributed by atoms with Crippen LogP contribution in [0.4, 0.5) is 0 Å². The molecule has 19 heavy (non-hydrogen) atoms. The summed E-state index contributed by atoms with van der Waals surface area (Å²) in [6.45, 7) is 4.26. The zero-order valence-corrected chi connectivity index (χ0v) is 12.8. The van der Waals surface area contributed by atoms with Gasteiger partial charge in [0.05, 0.1) is 11.3 Å². The summed E-state index contributed by atoms with van der Waals surface area (Å²) in [5.74, 6) is -0.0143. The molecule has 0 bridgehead atoms. The maximum Gasteiger partial charge on any atom is 0.257 e. The minimum atomic E-state index is -0.0143. The average molecular weight is 322 g/mol. The van der Waals surface area contributed by atoms with E-state index in [1.165, 1.54) is 0 Å². The van der Waals surface area contributed by atoms with E-state index < -0.39 is 0 Å². The quantitative estimate of drug-likeness (QED) is 0.944. The summed E-state index contributed by atoms with van der Waals surface area (Å²) in [4.78, 5) is 14.1. The monoisotopic (exact) mass is 321 g/mol. The van der Waals surface area contributed by atoms with Crippen LogP contribution in [0, 0.1) is 13.8 Å². The lowest BCUT2D eigenvalue weighted by molar-refractivity contribution is 0.0783. The third-order valence-corrected chi connectivity index (χ3v) is 3.83. The molecule has 0 fully saturated rings. The second-order valence-corrected chi connectivity index (χ2v) is 5.42. The molecule has 0 spiro atoms. The molecule has 1 aromatic carbocycles. The van der Waals surface area contributed by atoms with Gasteiger partial charge in [0.1, 0.15) is 0 Å². The summed E-state index contributed by atoms with van der Waals surface area (Å²) in [6, 6.07) is 7.90. The summed E-state index contributed by atoms with van der Waals surface area (Å²) in [6.07, 6.45) is 0. The Morgan fingerprint density at radius 2 is 2.05 bits per heavy atom. The van der Waals surface area contributed by atoms with E-state index in [1.807, 2.05) is 38.1 Å². The minimum Gasteiger partial charge on any atom is -0.337 e. The van der Waals surface area contributed by atoms with Gasteiger partial charge >= 0.3 is 0 Å². The smallest absolute Gasteiger partial charge is 0.257 e. The Balaban J connectivity index is 2.19. The van der Waals surface area contributed by atoms with Gasteiger partial charge in [-0.25, -0.2) is 0 Å². The number of hydrogen-bond acceptors (Lipinski definition) is 2. The van der Waals surface area contributed by atoms with Gasteiger partial charge in [-0.2, -0.15) is 5.10 Å². The number of halogens is 1. The van der Waals surface area contributed by atoms with E-state index >= 15 is 0 Å². The first-order valence-corrected chi connectivity index (χ1v) is 6.80. The highest BCUT2D eigenvalue weighted by Crippen LogP contribution is 2.19. The molecule has 2 aromatic rings. The minimum absolute atomic E-state index is 0.0143. The average Bonchev–Trinajstić information content (AvgIpc) is 2.71. The number of aromatic nitrogens is 2. The van der Waals surface area contributed by atoms with Gasteiger partial charge in [-0.3, -0.25) is 9.89 Å². The number of carbonyl (C=O) groups excluding carboxylic acids is 1. The van der Waals surface area contributed by atoms with Gasteiger partial charge < -0.3 is 4.90 Å². The fourth-order valence-corrected chi connectivity index (χ4v) is 2.42. The molecular formula is C14H16BrN3O. The molecule has 100 valence electrons. The van der Waals surface area contributed by atoms with Crippen LogP contribution in [0.15, 0.2) is 28.7 Å². The van der Waals surface area contributed by atoms with Gasteiger partial charge in [0.2, 0.25) is 0 Å². The molecule has 0 aliphatic carbocycles. The Labute approximate surface area is 120 Å². The first kappa shape index (κ1) is 13.8. The van der Waals surface area contributed by atoms with Crippen molar-refractivity contribution < 1.29 is 4.79 Å². The number of carbonyl (C=O) groups is 1. The fourth-order valence-electron chi connectivity index (χ4n) is 2.01. The lowest BCUT2D eigenvalue weighted by atomic mass is 10.1. The summed E-state index contributed by atoms with van der Waals surface area (Å²) in [7, 11) is 1.80. The fraction of sp³-hybridized carbons (Fsp3) is 0.286. The lowest BCUT2D eigenvalue weighted by Crippen LogP contribution is -2.27. The third-order valence-electron chi connectivity index (χ3n) is 3.05. The van der Waals surface area contributed by atoms with Crippen molar-refractivity contribution in [2.45, 2.75) is 20.4 Å². The normalized spacial score (nSPS) is 10.5. The molecule has 1 amide bonds. The number of amides is 1. The zero-order chi connectivity index (χ0) is 14.0. The Bertz CT molecular complexity index is 587. The molecule has 1 aromatic heterocycles. The van der Waals surface area contributed by atoms with Crippen LogP contribution in [0.2, 0.25) is 0 Å². The van der Waals surface area contributed by atoms with Crippen molar-refractivity contribution in [3.05, 3.63) is 51.3 Å². The Hall–Kier alpha value is -1.62. The molecule has 1 N–H and O–H groups in total. The summed E-state index contributed by atoms with van der Waals surface area (Å²) in [5, 5.41) is 6.90. The number of aromatic amines is 1. The first-order chi connectivity index (χ1) is 9.00. The van der Waals surface area contributed by atoms with E-state index in [4.69, 9.17) is 0 Å². The number of H-pyrrole nitrogens is 1. The van der Waals surface area contributed by atoms with Crippen LogP contribution >= 0.6 is 15.9 Å². The molecule has 4 nitrogen and oxygen atoms in total. The Kier molecular flexibility index (Phi) is 4.04.